The molecule has 1 aromatic carbocycles. The van der Waals surface area contributed by atoms with E-state index in [1.54, 1.807) is 16.8 Å². The molecule has 2 aromatic rings. The Balaban J connectivity index is 1.91. The van der Waals surface area contributed by atoms with Crippen LogP contribution in [0.4, 0.5) is 10.2 Å². The van der Waals surface area contributed by atoms with E-state index in [1.807, 2.05) is 0 Å². The number of hydrogen-bond donors (Lipinski definition) is 1. The maximum atomic E-state index is 13.3. The number of esters is 1. The molecule has 1 atom stereocenters. The number of ketones is 1. The van der Waals surface area contributed by atoms with Crippen molar-refractivity contribution in [3.63, 3.8) is 0 Å². The van der Waals surface area contributed by atoms with Crippen molar-refractivity contribution < 1.29 is 18.7 Å². The fourth-order valence-electron chi connectivity index (χ4n) is 3.47. The van der Waals surface area contributed by atoms with Crippen molar-refractivity contribution in [1.29, 1.82) is 0 Å². The summed E-state index contributed by atoms with van der Waals surface area (Å²) >= 11 is 0. The molecule has 0 fully saturated rings. The lowest BCUT2D eigenvalue weighted by atomic mass is 9.85. The number of Topliss-reactive ketones (excluding diaryl/α,β-unsaturated/α-hetero) is 1. The van der Waals surface area contributed by atoms with E-state index in [0.717, 1.165) is 17.7 Å². The van der Waals surface area contributed by atoms with Crippen molar-refractivity contribution in [1.82, 2.24) is 9.78 Å². The zero-order chi connectivity index (χ0) is 17.6. The number of methoxy groups -OCH3 is 1. The van der Waals surface area contributed by atoms with Crippen LogP contribution in [0.2, 0.25) is 0 Å². The fraction of sp³-hybridized carbons (Fsp3) is 0.278. The number of rotatable bonds is 2. The Morgan fingerprint density at radius 1 is 1.32 bits per heavy atom. The minimum atomic E-state index is -0.502. The van der Waals surface area contributed by atoms with Gasteiger partial charge in [0.15, 0.2) is 5.78 Å². The van der Waals surface area contributed by atoms with E-state index < -0.39 is 12.0 Å². The van der Waals surface area contributed by atoms with Crippen molar-refractivity contribution in [2.45, 2.75) is 25.3 Å². The fourth-order valence-corrected chi connectivity index (χ4v) is 3.47. The lowest BCUT2D eigenvalue weighted by Gasteiger charge is -2.33. The normalized spacial score (nSPS) is 19.1. The monoisotopic (exact) mass is 341 g/mol. The molecule has 0 spiro atoms. The number of halogens is 1. The molecule has 1 N–H and O–H groups in total. The van der Waals surface area contributed by atoms with Crippen LogP contribution in [0.1, 0.15) is 41.2 Å². The SMILES string of the molecule is COC(=O)c1cnn2c1NC1=C(C(=O)CCC1)[C@H]2c1ccc(F)cc1. The molecule has 1 aromatic heterocycles. The molecular formula is C18H16FN3O3. The molecule has 25 heavy (non-hydrogen) atoms. The Morgan fingerprint density at radius 2 is 2.08 bits per heavy atom. The number of nitrogens with one attached hydrogen (secondary N) is 1. The van der Waals surface area contributed by atoms with Crippen LogP contribution < -0.4 is 5.32 Å². The summed E-state index contributed by atoms with van der Waals surface area (Å²) in [5, 5.41) is 7.49. The number of carbonyl (C=O) groups excluding carboxylic acids is 2. The van der Waals surface area contributed by atoms with Gasteiger partial charge in [-0.05, 0) is 30.5 Å². The third kappa shape index (κ3) is 2.43. The first-order valence-electron chi connectivity index (χ1n) is 8.04. The van der Waals surface area contributed by atoms with Crippen LogP contribution >= 0.6 is 0 Å². The number of anilines is 1. The van der Waals surface area contributed by atoms with Gasteiger partial charge < -0.3 is 10.1 Å². The molecule has 128 valence electrons. The molecule has 1 aliphatic carbocycles. The average molecular weight is 341 g/mol. The summed E-state index contributed by atoms with van der Waals surface area (Å²) in [7, 11) is 1.31. The van der Waals surface area contributed by atoms with Crippen molar-refractivity contribution in [3.8, 4) is 0 Å². The highest BCUT2D eigenvalue weighted by Crippen LogP contribution is 2.41. The highest BCUT2D eigenvalue weighted by atomic mass is 19.1. The molecular weight excluding hydrogens is 325 g/mol. The summed E-state index contributed by atoms with van der Waals surface area (Å²) in [6.45, 7) is 0. The van der Waals surface area contributed by atoms with E-state index in [-0.39, 0.29) is 11.6 Å². The molecule has 0 saturated heterocycles. The third-order valence-corrected chi connectivity index (χ3v) is 4.63. The first kappa shape index (κ1) is 15.6. The van der Waals surface area contributed by atoms with Crippen molar-refractivity contribution >= 4 is 17.6 Å². The molecule has 2 aliphatic rings. The van der Waals surface area contributed by atoms with Crippen LogP contribution in [0.3, 0.4) is 0 Å². The topological polar surface area (TPSA) is 73.2 Å². The highest BCUT2D eigenvalue weighted by Gasteiger charge is 2.37. The number of aromatic nitrogens is 2. The predicted octanol–water partition coefficient (Wildman–Crippen LogP) is 2.83. The Hall–Kier alpha value is -2.96. The van der Waals surface area contributed by atoms with Crippen LogP contribution in [0.5, 0.6) is 0 Å². The molecule has 0 saturated carbocycles. The molecule has 1 aliphatic heterocycles. The largest absolute Gasteiger partial charge is 0.465 e. The minimum absolute atomic E-state index is 0.0452. The maximum absolute atomic E-state index is 13.3. The summed E-state index contributed by atoms with van der Waals surface area (Å²) in [6, 6.07) is 5.50. The van der Waals surface area contributed by atoms with Gasteiger partial charge in [-0.1, -0.05) is 12.1 Å². The van der Waals surface area contributed by atoms with Crippen molar-refractivity contribution in [2.75, 3.05) is 12.4 Å². The third-order valence-electron chi connectivity index (χ3n) is 4.63. The minimum Gasteiger partial charge on any atom is -0.465 e. The van der Waals surface area contributed by atoms with Gasteiger partial charge in [0.05, 0.1) is 13.3 Å². The molecule has 4 rings (SSSR count). The number of nitrogens with zero attached hydrogens (tertiary/aromatic N) is 2. The maximum Gasteiger partial charge on any atom is 0.343 e. The lowest BCUT2D eigenvalue weighted by molar-refractivity contribution is -0.116. The Morgan fingerprint density at radius 3 is 2.80 bits per heavy atom. The van der Waals surface area contributed by atoms with Crippen molar-refractivity contribution in [3.05, 3.63) is 58.7 Å². The first-order chi connectivity index (χ1) is 12.1. The van der Waals surface area contributed by atoms with Crippen LogP contribution in [-0.2, 0) is 9.53 Å². The zero-order valence-electron chi connectivity index (χ0n) is 13.6. The second-order valence-electron chi connectivity index (χ2n) is 6.09. The zero-order valence-corrected chi connectivity index (χ0v) is 13.6. The summed E-state index contributed by atoms with van der Waals surface area (Å²) in [5.74, 6) is -0.311. The summed E-state index contributed by atoms with van der Waals surface area (Å²) in [4.78, 5) is 24.6. The van der Waals surface area contributed by atoms with Crippen LogP contribution in [0.15, 0.2) is 41.7 Å². The highest BCUT2D eigenvalue weighted by molar-refractivity contribution is 6.01. The van der Waals surface area contributed by atoms with Gasteiger partial charge in [0.25, 0.3) is 0 Å². The lowest BCUT2D eigenvalue weighted by Crippen LogP contribution is -2.31. The van der Waals surface area contributed by atoms with E-state index in [2.05, 4.69) is 10.4 Å². The molecule has 0 amide bonds. The Bertz CT molecular complexity index is 899. The van der Waals surface area contributed by atoms with Gasteiger partial charge >= 0.3 is 5.97 Å². The van der Waals surface area contributed by atoms with Gasteiger partial charge in [0, 0.05) is 17.7 Å². The number of ether oxygens (including phenoxy) is 1. The Labute approximate surface area is 143 Å². The molecule has 0 radical (unpaired) electrons. The number of hydrogen-bond acceptors (Lipinski definition) is 5. The van der Waals surface area contributed by atoms with Crippen molar-refractivity contribution in [2.24, 2.45) is 0 Å². The van der Waals surface area contributed by atoms with E-state index in [4.69, 9.17) is 4.74 Å². The van der Waals surface area contributed by atoms with E-state index in [0.29, 0.717) is 29.8 Å². The number of fused-ring (bicyclic) bond motifs is 1. The number of carbonyl (C=O) groups is 2. The van der Waals surface area contributed by atoms with Gasteiger partial charge in [-0.15, -0.1) is 0 Å². The summed E-state index contributed by atoms with van der Waals surface area (Å²) < 4.78 is 19.7. The quantitative estimate of drug-likeness (QED) is 0.851. The van der Waals surface area contributed by atoms with Gasteiger partial charge in [-0.3, -0.25) is 4.79 Å². The second-order valence-corrected chi connectivity index (χ2v) is 6.09. The second kappa shape index (κ2) is 5.84. The molecule has 7 heteroatoms. The predicted molar refractivity (Wildman–Crippen MR) is 87.6 cm³/mol. The smallest absolute Gasteiger partial charge is 0.343 e. The molecule has 0 bridgehead atoms. The van der Waals surface area contributed by atoms with E-state index in [9.17, 15) is 14.0 Å². The van der Waals surface area contributed by atoms with Gasteiger partial charge in [0.1, 0.15) is 23.2 Å². The van der Waals surface area contributed by atoms with Gasteiger partial charge in [0.2, 0.25) is 0 Å². The van der Waals surface area contributed by atoms with E-state index >= 15 is 0 Å². The molecule has 6 nitrogen and oxygen atoms in total. The van der Waals surface area contributed by atoms with Crippen LogP contribution in [0, 0.1) is 5.82 Å². The number of allylic oxidation sites excluding steroid dienone is 2. The van der Waals surface area contributed by atoms with Crippen LogP contribution in [0.25, 0.3) is 0 Å². The van der Waals surface area contributed by atoms with Gasteiger partial charge in [-0.2, -0.15) is 5.10 Å². The number of benzene rings is 1. The summed E-state index contributed by atoms with van der Waals surface area (Å²) in [5.41, 5.74) is 2.47. The molecule has 2 heterocycles. The van der Waals surface area contributed by atoms with Gasteiger partial charge in [-0.25, -0.2) is 13.9 Å². The van der Waals surface area contributed by atoms with Crippen LogP contribution in [-0.4, -0.2) is 28.6 Å². The Kier molecular flexibility index (Phi) is 3.63. The average Bonchev–Trinajstić information content (AvgIpc) is 3.04. The molecule has 0 unspecified atom stereocenters. The summed E-state index contributed by atoms with van der Waals surface area (Å²) in [6.07, 6.45) is 3.36. The standard InChI is InChI=1S/C18H16FN3O3/c1-25-18(24)12-9-20-22-16(10-5-7-11(19)8-6-10)15-13(21-17(12)22)3-2-4-14(15)23/h5-9,16,21H,2-4H2,1H3/t16-/m1/s1. The first-order valence-corrected chi connectivity index (χ1v) is 8.04. The van der Waals surface area contributed by atoms with E-state index in [1.165, 1.54) is 25.4 Å².